The Hall–Kier alpha value is -1.64. The summed E-state index contributed by atoms with van der Waals surface area (Å²) in [6.45, 7) is 2.33. The van der Waals surface area contributed by atoms with Crippen LogP contribution in [-0.2, 0) is 0 Å². The molecule has 2 nitrogen and oxygen atoms in total. The van der Waals surface area contributed by atoms with Gasteiger partial charge in [0.1, 0.15) is 0 Å². The summed E-state index contributed by atoms with van der Waals surface area (Å²) in [7, 11) is 0. The molecule has 0 bridgehead atoms. The van der Waals surface area contributed by atoms with Crippen LogP contribution < -0.4 is 5.73 Å². The third kappa shape index (κ3) is 2.54. The van der Waals surface area contributed by atoms with E-state index < -0.39 is 6.10 Å². The second-order valence-electron chi connectivity index (χ2n) is 4.19. The van der Waals surface area contributed by atoms with E-state index in [-0.39, 0.29) is 6.54 Å². The molecule has 88 valence electrons. The van der Waals surface area contributed by atoms with Gasteiger partial charge in [-0.05, 0) is 35.2 Å². The monoisotopic (exact) mass is 227 g/mol. The Morgan fingerprint density at radius 1 is 1.12 bits per heavy atom. The highest BCUT2D eigenvalue weighted by Crippen LogP contribution is 2.25. The van der Waals surface area contributed by atoms with Gasteiger partial charge in [0, 0.05) is 6.54 Å². The number of nitrogens with two attached hydrogens (primary N) is 1. The van der Waals surface area contributed by atoms with Crippen LogP contribution in [0, 0.1) is 6.92 Å². The van der Waals surface area contributed by atoms with E-state index in [2.05, 4.69) is 25.1 Å². The second-order valence-corrected chi connectivity index (χ2v) is 4.19. The Labute approximate surface area is 102 Å². The fourth-order valence-corrected chi connectivity index (χ4v) is 1.95. The first-order valence-corrected chi connectivity index (χ1v) is 5.76. The number of hydrogen-bond donors (Lipinski definition) is 2. The van der Waals surface area contributed by atoms with E-state index in [0.29, 0.717) is 0 Å². The molecule has 0 spiro atoms. The van der Waals surface area contributed by atoms with Crippen LogP contribution in [0.2, 0.25) is 0 Å². The summed E-state index contributed by atoms with van der Waals surface area (Å²) in [5.41, 5.74) is 9.88. The molecule has 17 heavy (non-hydrogen) atoms. The van der Waals surface area contributed by atoms with Gasteiger partial charge in [-0.2, -0.15) is 0 Å². The van der Waals surface area contributed by atoms with Gasteiger partial charge in [0.05, 0.1) is 6.10 Å². The molecular formula is C15H17NO. The lowest BCUT2D eigenvalue weighted by Crippen LogP contribution is -2.11. The summed E-state index contributed by atoms with van der Waals surface area (Å²) < 4.78 is 0. The lowest BCUT2D eigenvalue weighted by atomic mass is 9.97. The van der Waals surface area contributed by atoms with Crippen molar-refractivity contribution in [1.82, 2.24) is 0 Å². The first kappa shape index (κ1) is 11.8. The average Bonchev–Trinajstić information content (AvgIpc) is 2.38. The SMILES string of the molecule is Cc1ccccc1-c1cccc([C@H](O)CN)c1. The van der Waals surface area contributed by atoms with Crippen LogP contribution in [0.1, 0.15) is 17.2 Å². The van der Waals surface area contributed by atoms with E-state index in [9.17, 15) is 5.11 Å². The summed E-state index contributed by atoms with van der Waals surface area (Å²) in [6.07, 6.45) is -0.584. The van der Waals surface area contributed by atoms with Crippen molar-refractivity contribution in [2.75, 3.05) is 6.54 Å². The summed E-state index contributed by atoms with van der Waals surface area (Å²) in [5, 5.41) is 9.74. The zero-order valence-corrected chi connectivity index (χ0v) is 9.93. The molecule has 0 saturated heterocycles. The zero-order valence-electron chi connectivity index (χ0n) is 9.93. The van der Waals surface area contributed by atoms with Crippen LogP contribution in [0.15, 0.2) is 48.5 Å². The van der Waals surface area contributed by atoms with E-state index in [4.69, 9.17) is 5.73 Å². The third-order valence-corrected chi connectivity index (χ3v) is 2.95. The topological polar surface area (TPSA) is 46.2 Å². The maximum Gasteiger partial charge on any atom is 0.0912 e. The van der Waals surface area contributed by atoms with Gasteiger partial charge in [0.25, 0.3) is 0 Å². The molecule has 0 fully saturated rings. The molecule has 2 aromatic carbocycles. The van der Waals surface area contributed by atoms with Crippen LogP contribution in [-0.4, -0.2) is 11.7 Å². The van der Waals surface area contributed by atoms with Gasteiger partial charge >= 0.3 is 0 Å². The molecule has 2 rings (SSSR count). The van der Waals surface area contributed by atoms with Gasteiger partial charge < -0.3 is 10.8 Å². The number of aryl methyl sites for hydroxylation is 1. The highest BCUT2D eigenvalue weighted by molar-refractivity contribution is 5.67. The summed E-state index contributed by atoms with van der Waals surface area (Å²) in [6, 6.07) is 16.1. The molecule has 0 amide bonds. The van der Waals surface area contributed by atoms with Crippen LogP contribution in [0.4, 0.5) is 0 Å². The van der Waals surface area contributed by atoms with Crippen molar-refractivity contribution >= 4 is 0 Å². The molecule has 3 N–H and O–H groups in total. The Morgan fingerprint density at radius 2 is 1.88 bits per heavy atom. The van der Waals surface area contributed by atoms with E-state index in [1.807, 2.05) is 30.3 Å². The lowest BCUT2D eigenvalue weighted by molar-refractivity contribution is 0.187. The van der Waals surface area contributed by atoms with Gasteiger partial charge in [-0.15, -0.1) is 0 Å². The molecule has 0 unspecified atom stereocenters. The van der Waals surface area contributed by atoms with Gasteiger partial charge in [-0.1, -0.05) is 42.5 Å². The summed E-state index contributed by atoms with van der Waals surface area (Å²) >= 11 is 0. The molecule has 0 radical (unpaired) electrons. The minimum absolute atomic E-state index is 0.247. The number of aliphatic hydroxyl groups is 1. The Morgan fingerprint density at radius 3 is 2.59 bits per heavy atom. The zero-order chi connectivity index (χ0) is 12.3. The number of hydrogen-bond acceptors (Lipinski definition) is 2. The predicted octanol–water partition coefficient (Wildman–Crippen LogP) is 2.65. The molecule has 0 heterocycles. The highest BCUT2D eigenvalue weighted by Gasteiger charge is 2.07. The van der Waals surface area contributed by atoms with Gasteiger partial charge in [0.2, 0.25) is 0 Å². The predicted molar refractivity (Wildman–Crippen MR) is 70.6 cm³/mol. The molecule has 2 heteroatoms. The molecule has 2 aromatic rings. The van der Waals surface area contributed by atoms with Crippen molar-refractivity contribution in [3.05, 3.63) is 59.7 Å². The summed E-state index contributed by atoms with van der Waals surface area (Å²) in [4.78, 5) is 0. The fraction of sp³-hybridized carbons (Fsp3) is 0.200. The van der Waals surface area contributed by atoms with E-state index in [0.717, 1.165) is 11.1 Å². The standard InChI is InChI=1S/C15H17NO/c1-11-5-2-3-8-14(11)12-6-4-7-13(9-12)15(17)10-16/h2-9,15,17H,10,16H2,1H3/t15-/m1/s1. The van der Waals surface area contributed by atoms with E-state index in [1.165, 1.54) is 11.1 Å². The molecule has 1 atom stereocenters. The molecule has 0 aromatic heterocycles. The molecular weight excluding hydrogens is 210 g/mol. The number of benzene rings is 2. The van der Waals surface area contributed by atoms with Crippen LogP contribution >= 0.6 is 0 Å². The second kappa shape index (κ2) is 5.13. The molecule has 0 aliphatic carbocycles. The first-order chi connectivity index (χ1) is 8.22. The summed E-state index contributed by atoms with van der Waals surface area (Å²) in [5.74, 6) is 0. The van der Waals surface area contributed by atoms with E-state index >= 15 is 0 Å². The first-order valence-electron chi connectivity index (χ1n) is 5.76. The van der Waals surface area contributed by atoms with Crippen molar-refractivity contribution in [3.63, 3.8) is 0 Å². The quantitative estimate of drug-likeness (QED) is 0.846. The average molecular weight is 227 g/mol. The van der Waals surface area contributed by atoms with Crippen molar-refractivity contribution < 1.29 is 5.11 Å². The minimum Gasteiger partial charge on any atom is -0.387 e. The van der Waals surface area contributed by atoms with Gasteiger partial charge in [0.15, 0.2) is 0 Å². The fourth-order valence-electron chi connectivity index (χ4n) is 1.95. The molecule has 0 aliphatic heterocycles. The van der Waals surface area contributed by atoms with Crippen LogP contribution in [0.5, 0.6) is 0 Å². The van der Waals surface area contributed by atoms with Crippen molar-refractivity contribution in [1.29, 1.82) is 0 Å². The van der Waals surface area contributed by atoms with Crippen molar-refractivity contribution in [2.45, 2.75) is 13.0 Å². The van der Waals surface area contributed by atoms with Crippen LogP contribution in [0.3, 0.4) is 0 Å². The van der Waals surface area contributed by atoms with Gasteiger partial charge in [-0.3, -0.25) is 0 Å². The largest absolute Gasteiger partial charge is 0.387 e. The normalized spacial score (nSPS) is 12.4. The smallest absolute Gasteiger partial charge is 0.0912 e. The van der Waals surface area contributed by atoms with Crippen molar-refractivity contribution in [3.8, 4) is 11.1 Å². The maximum atomic E-state index is 9.74. The van der Waals surface area contributed by atoms with Crippen LogP contribution in [0.25, 0.3) is 11.1 Å². The Balaban J connectivity index is 2.43. The van der Waals surface area contributed by atoms with Gasteiger partial charge in [-0.25, -0.2) is 0 Å². The van der Waals surface area contributed by atoms with Crippen molar-refractivity contribution in [2.24, 2.45) is 5.73 Å². The molecule has 0 aliphatic rings. The third-order valence-electron chi connectivity index (χ3n) is 2.95. The Bertz CT molecular complexity index is 508. The Kier molecular flexibility index (Phi) is 3.57. The number of rotatable bonds is 3. The lowest BCUT2D eigenvalue weighted by Gasteiger charge is -2.11. The highest BCUT2D eigenvalue weighted by atomic mass is 16.3. The van der Waals surface area contributed by atoms with E-state index in [1.54, 1.807) is 0 Å². The maximum absolute atomic E-state index is 9.74. The number of aliphatic hydroxyl groups excluding tert-OH is 1. The minimum atomic E-state index is -0.584. The molecule has 0 saturated carbocycles.